The Morgan fingerprint density at radius 2 is 1.90 bits per heavy atom. The molecule has 2 nitrogen and oxygen atoms in total. The minimum Gasteiger partial charge on any atom is -0.388 e. The van der Waals surface area contributed by atoms with Gasteiger partial charge in [0.1, 0.15) is 0 Å². The van der Waals surface area contributed by atoms with Crippen molar-refractivity contribution in [3.63, 3.8) is 0 Å². The molecule has 1 unspecified atom stereocenters. The molecule has 10 heavy (non-hydrogen) atoms. The molecule has 0 heterocycles. The molecule has 0 aromatic heterocycles. The average molecular weight is 143 g/mol. The maximum absolute atomic E-state index is 9.90. The zero-order chi connectivity index (χ0) is 7.61. The van der Waals surface area contributed by atoms with Gasteiger partial charge in [0.05, 0.1) is 5.60 Å². The van der Waals surface area contributed by atoms with Crippen LogP contribution < -0.4 is 5.32 Å². The van der Waals surface area contributed by atoms with Crippen molar-refractivity contribution in [2.24, 2.45) is 0 Å². The number of hydrogen-bond donors (Lipinski definition) is 2. The highest BCUT2D eigenvalue weighted by Gasteiger charge is 2.35. The smallest absolute Gasteiger partial charge is 0.0797 e. The van der Waals surface area contributed by atoms with Crippen molar-refractivity contribution in [3.05, 3.63) is 0 Å². The molecule has 1 saturated carbocycles. The Bertz CT molecular complexity index is 108. The first-order valence-corrected chi connectivity index (χ1v) is 4.09. The number of likely N-dealkylation sites (N-methyl/N-ethyl adjacent to an activating group) is 1. The first-order valence-electron chi connectivity index (χ1n) is 4.09. The molecule has 1 rings (SSSR count). The van der Waals surface area contributed by atoms with E-state index in [1.54, 1.807) is 0 Å². The zero-order valence-corrected chi connectivity index (χ0v) is 6.85. The predicted octanol–water partition coefficient (Wildman–Crippen LogP) is 0.899. The summed E-state index contributed by atoms with van der Waals surface area (Å²) in [5.41, 5.74) is -0.408. The molecule has 0 spiro atoms. The molecule has 1 atom stereocenters. The summed E-state index contributed by atoms with van der Waals surface area (Å²) >= 11 is 0. The van der Waals surface area contributed by atoms with Crippen LogP contribution in [0.1, 0.15) is 32.6 Å². The third-order valence-electron chi connectivity index (χ3n) is 2.71. The summed E-state index contributed by atoms with van der Waals surface area (Å²) in [4.78, 5) is 0. The molecule has 0 bridgehead atoms. The topological polar surface area (TPSA) is 32.3 Å². The van der Waals surface area contributed by atoms with E-state index in [0.29, 0.717) is 0 Å². The van der Waals surface area contributed by atoms with Crippen LogP contribution in [0.4, 0.5) is 0 Å². The Balaban J connectivity index is 2.49. The fraction of sp³-hybridized carbons (Fsp3) is 1.00. The molecule has 2 heteroatoms. The molecule has 60 valence electrons. The van der Waals surface area contributed by atoms with Crippen LogP contribution in [-0.4, -0.2) is 23.8 Å². The summed E-state index contributed by atoms with van der Waals surface area (Å²) in [6.07, 6.45) is 4.30. The van der Waals surface area contributed by atoms with Gasteiger partial charge in [0, 0.05) is 6.04 Å². The van der Waals surface area contributed by atoms with E-state index in [1.807, 2.05) is 14.0 Å². The molecule has 0 aliphatic heterocycles. The lowest BCUT2D eigenvalue weighted by molar-refractivity contribution is 0.0166. The lowest BCUT2D eigenvalue weighted by Gasteiger charge is -2.29. The van der Waals surface area contributed by atoms with Gasteiger partial charge in [-0.25, -0.2) is 0 Å². The van der Waals surface area contributed by atoms with Crippen molar-refractivity contribution in [2.45, 2.75) is 44.2 Å². The molecule has 2 N–H and O–H groups in total. The number of rotatable bonds is 2. The molecular weight excluding hydrogens is 126 g/mol. The molecule has 0 radical (unpaired) electrons. The van der Waals surface area contributed by atoms with E-state index in [9.17, 15) is 5.11 Å². The Kier molecular flexibility index (Phi) is 2.32. The van der Waals surface area contributed by atoms with Crippen LogP contribution >= 0.6 is 0 Å². The summed E-state index contributed by atoms with van der Waals surface area (Å²) in [7, 11) is 1.90. The van der Waals surface area contributed by atoms with Crippen molar-refractivity contribution >= 4 is 0 Å². The zero-order valence-electron chi connectivity index (χ0n) is 6.85. The second kappa shape index (κ2) is 2.89. The minimum atomic E-state index is -0.408. The van der Waals surface area contributed by atoms with E-state index in [0.717, 1.165) is 12.8 Å². The molecule has 0 saturated heterocycles. The largest absolute Gasteiger partial charge is 0.388 e. The van der Waals surface area contributed by atoms with Gasteiger partial charge in [-0.3, -0.25) is 0 Å². The van der Waals surface area contributed by atoms with Crippen molar-refractivity contribution in [2.75, 3.05) is 7.05 Å². The monoisotopic (exact) mass is 143 g/mol. The summed E-state index contributed by atoms with van der Waals surface area (Å²) in [5, 5.41) is 13.0. The number of nitrogens with one attached hydrogen (secondary N) is 1. The van der Waals surface area contributed by atoms with Crippen molar-refractivity contribution in [1.82, 2.24) is 5.32 Å². The van der Waals surface area contributed by atoms with Gasteiger partial charge < -0.3 is 10.4 Å². The molecule has 1 aliphatic rings. The quantitative estimate of drug-likeness (QED) is 0.602. The summed E-state index contributed by atoms with van der Waals surface area (Å²) in [5.74, 6) is 0. The fourth-order valence-electron chi connectivity index (χ4n) is 1.69. The highest BCUT2D eigenvalue weighted by atomic mass is 16.3. The van der Waals surface area contributed by atoms with Gasteiger partial charge in [-0.1, -0.05) is 12.8 Å². The highest BCUT2D eigenvalue weighted by molar-refractivity contribution is 4.91. The third-order valence-corrected chi connectivity index (χ3v) is 2.71. The lowest BCUT2D eigenvalue weighted by Crippen LogP contribution is -2.45. The molecule has 1 fully saturated rings. The van der Waals surface area contributed by atoms with E-state index in [4.69, 9.17) is 0 Å². The Morgan fingerprint density at radius 1 is 1.40 bits per heavy atom. The lowest BCUT2D eigenvalue weighted by atomic mass is 9.94. The highest BCUT2D eigenvalue weighted by Crippen LogP contribution is 2.31. The summed E-state index contributed by atoms with van der Waals surface area (Å²) in [6, 6.07) is 0.245. The van der Waals surface area contributed by atoms with Crippen molar-refractivity contribution in [1.29, 1.82) is 0 Å². The molecular formula is C8H17NO. The third kappa shape index (κ3) is 1.32. The Hall–Kier alpha value is -0.0800. The number of hydrogen-bond acceptors (Lipinski definition) is 2. The van der Waals surface area contributed by atoms with Gasteiger partial charge in [0.2, 0.25) is 0 Å². The van der Waals surface area contributed by atoms with Crippen LogP contribution in [0.25, 0.3) is 0 Å². The van der Waals surface area contributed by atoms with Crippen LogP contribution in [-0.2, 0) is 0 Å². The molecule has 0 aromatic carbocycles. The van der Waals surface area contributed by atoms with Crippen LogP contribution in [0.2, 0.25) is 0 Å². The maximum atomic E-state index is 9.90. The van der Waals surface area contributed by atoms with Crippen LogP contribution in [0.3, 0.4) is 0 Å². The van der Waals surface area contributed by atoms with E-state index < -0.39 is 5.60 Å². The average Bonchev–Trinajstić information content (AvgIpc) is 2.36. The first kappa shape index (κ1) is 8.02. The van der Waals surface area contributed by atoms with Crippen molar-refractivity contribution in [3.8, 4) is 0 Å². The Morgan fingerprint density at radius 3 is 2.30 bits per heavy atom. The normalized spacial score (nSPS) is 26.7. The van der Waals surface area contributed by atoms with Crippen LogP contribution in [0.5, 0.6) is 0 Å². The second-order valence-corrected chi connectivity index (χ2v) is 3.32. The van der Waals surface area contributed by atoms with E-state index in [1.165, 1.54) is 12.8 Å². The van der Waals surface area contributed by atoms with E-state index >= 15 is 0 Å². The van der Waals surface area contributed by atoms with Crippen LogP contribution in [0, 0.1) is 0 Å². The van der Waals surface area contributed by atoms with Gasteiger partial charge in [0.15, 0.2) is 0 Å². The van der Waals surface area contributed by atoms with Gasteiger partial charge in [-0.05, 0) is 26.8 Å². The maximum Gasteiger partial charge on any atom is 0.0797 e. The molecule has 0 amide bonds. The van der Waals surface area contributed by atoms with Gasteiger partial charge in [0.25, 0.3) is 0 Å². The Labute approximate surface area is 62.6 Å². The first-order chi connectivity index (χ1) is 4.69. The standard InChI is InChI=1S/C8H17NO/c1-7(9-2)8(10)5-3-4-6-8/h7,9-10H,3-6H2,1-2H3. The second-order valence-electron chi connectivity index (χ2n) is 3.32. The van der Waals surface area contributed by atoms with Gasteiger partial charge in [-0.15, -0.1) is 0 Å². The SMILES string of the molecule is CNC(C)C1(O)CCCC1. The van der Waals surface area contributed by atoms with E-state index in [2.05, 4.69) is 5.32 Å². The van der Waals surface area contributed by atoms with Crippen LogP contribution in [0.15, 0.2) is 0 Å². The molecule has 0 aromatic rings. The van der Waals surface area contributed by atoms with E-state index in [-0.39, 0.29) is 6.04 Å². The minimum absolute atomic E-state index is 0.245. The molecule has 1 aliphatic carbocycles. The van der Waals surface area contributed by atoms with Gasteiger partial charge >= 0.3 is 0 Å². The fourth-order valence-corrected chi connectivity index (χ4v) is 1.69. The van der Waals surface area contributed by atoms with Gasteiger partial charge in [-0.2, -0.15) is 0 Å². The summed E-state index contributed by atoms with van der Waals surface area (Å²) < 4.78 is 0. The summed E-state index contributed by atoms with van der Waals surface area (Å²) in [6.45, 7) is 2.05. The predicted molar refractivity (Wildman–Crippen MR) is 41.9 cm³/mol. The van der Waals surface area contributed by atoms with Crippen molar-refractivity contribution < 1.29 is 5.11 Å². The number of aliphatic hydroxyl groups is 1.